The van der Waals surface area contributed by atoms with Gasteiger partial charge < -0.3 is 15.4 Å². The average molecular weight is 292 g/mol. The van der Waals surface area contributed by atoms with Gasteiger partial charge in [0.25, 0.3) is 0 Å². The van der Waals surface area contributed by atoms with Crippen molar-refractivity contribution < 1.29 is 9.53 Å². The molecule has 0 heterocycles. The molecule has 2 N–H and O–H groups in total. The van der Waals surface area contributed by atoms with E-state index in [9.17, 15) is 4.79 Å². The van der Waals surface area contributed by atoms with Gasteiger partial charge in [-0.05, 0) is 25.0 Å². The molecule has 0 radical (unpaired) electrons. The number of anilines is 1. The molecule has 1 aliphatic rings. The zero-order chi connectivity index (χ0) is 14.8. The van der Waals surface area contributed by atoms with E-state index >= 15 is 0 Å². The molecule has 4 nitrogen and oxygen atoms in total. The lowest BCUT2D eigenvalue weighted by Crippen LogP contribution is -2.48. The second kappa shape index (κ2) is 5.79. The number of methoxy groups -OCH3 is 1. The molecule has 0 aliphatic heterocycles. The third-order valence-electron chi connectivity index (χ3n) is 4.08. The summed E-state index contributed by atoms with van der Waals surface area (Å²) in [7, 11) is 3.36. The van der Waals surface area contributed by atoms with Crippen LogP contribution in [0.3, 0.4) is 0 Å². The van der Waals surface area contributed by atoms with Crippen molar-refractivity contribution in [3.05, 3.63) is 24.3 Å². The van der Waals surface area contributed by atoms with Crippen molar-refractivity contribution >= 4 is 28.8 Å². The molecule has 2 rings (SSSR count). The summed E-state index contributed by atoms with van der Waals surface area (Å²) in [6, 6.07) is 7.42. The SMILES string of the molecule is COc1cccc(N(C)C(=O)C2(C(N)=S)CCCC2)c1. The van der Waals surface area contributed by atoms with Gasteiger partial charge in [0.05, 0.1) is 17.5 Å². The fraction of sp³-hybridized carbons (Fsp3) is 0.467. The predicted octanol–water partition coefficient (Wildman–Crippen LogP) is 2.50. The van der Waals surface area contributed by atoms with Gasteiger partial charge in [-0.15, -0.1) is 0 Å². The molecule has 1 aromatic rings. The number of nitrogens with two attached hydrogens (primary N) is 1. The van der Waals surface area contributed by atoms with Crippen LogP contribution in [0.2, 0.25) is 0 Å². The molecule has 0 spiro atoms. The largest absolute Gasteiger partial charge is 0.497 e. The normalized spacial score (nSPS) is 16.7. The van der Waals surface area contributed by atoms with E-state index in [-0.39, 0.29) is 5.91 Å². The molecular formula is C15H20N2O2S. The number of carbonyl (C=O) groups is 1. The Hall–Kier alpha value is -1.62. The highest BCUT2D eigenvalue weighted by atomic mass is 32.1. The number of rotatable bonds is 4. The average Bonchev–Trinajstić information content (AvgIpc) is 2.96. The number of hydrogen-bond donors (Lipinski definition) is 1. The lowest BCUT2D eigenvalue weighted by Gasteiger charge is -2.31. The van der Waals surface area contributed by atoms with Crippen molar-refractivity contribution in [1.29, 1.82) is 0 Å². The van der Waals surface area contributed by atoms with E-state index in [2.05, 4.69) is 0 Å². The van der Waals surface area contributed by atoms with Gasteiger partial charge >= 0.3 is 0 Å². The lowest BCUT2D eigenvalue weighted by atomic mass is 9.84. The van der Waals surface area contributed by atoms with Crippen molar-refractivity contribution in [3.63, 3.8) is 0 Å². The molecule has 1 aliphatic carbocycles. The van der Waals surface area contributed by atoms with Gasteiger partial charge in [0, 0.05) is 18.8 Å². The summed E-state index contributed by atoms with van der Waals surface area (Å²) in [4.78, 5) is 14.8. The topological polar surface area (TPSA) is 55.6 Å². The number of hydrogen-bond acceptors (Lipinski definition) is 3. The van der Waals surface area contributed by atoms with E-state index in [0.29, 0.717) is 4.99 Å². The maximum absolute atomic E-state index is 12.8. The summed E-state index contributed by atoms with van der Waals surface area (Å²) < 4.78 is 5.19. The van der Waals surface area contributed by atoms with Crippen LogP contribution in [0, 0.1) is 5.41 Å². The first-order valence-electron chi connectivity index (χ1n) is 6.73. The number of carbonyl (C=O) groups excluding carboxylic acids is 1. The molecule has 0 bridgehead atoms. The smallest absolute Gasteiger partial charge is 0.239 e. The molecule has 0 atom stereocenters. The Morgan fingerprint density at radius 1 is 1.40 bits per heavy atom. The summed E-state index contributed by atoms with van der Waals surface area (Å²) in [5.41, 5.74) is 5.98. The number of ether oxygens (including phenoxy) is 1. The predicted molar refractivity (Wildman–Crippen MR) is 84.1 cm³/mol. The van der Waals surface area contributed by atoms with E-state index in [4.69, 9.17) is 22.7 Å². The summed E-state index contributed by atoms with van der Waals surface area (Å²) in [6.07, 6.45) is 3.48. The van der Waals surface area contributed by atoms with Crippen LogP contribution in [0.4, 0.5) is 5.69 Å². The van der Waals surface area contributed by atoms with Gasteiger partial charge in [-0.3, -0.25) is 4.79 Å². The van der Waals surface area contributed by atoms with Crippen molar-refractivity contribution in [2.24, 2.45) is 11.1 Å². The van der Waals surface area contributed by atoms with Gasteiger partial charge in [0.1, 0.15) is 5.75 Å². The minimum atomic E-state index is -0.673. The maximum Gasteiger partial charge on any atom is 0.239 e. The van der Waals surface area contributed by atoms with Gasteiger partial charge in [-0.25, -0.2) is 0 Å². The van der Waals surface area contributed by atoms with Crippen LogP contribution in [-0.4, -0.2) is 25.1 Å². The first kappa shape index (κ1) is 14.8. The van der Waals surface area contributed by atoms with Crippen LogP contribution in [0.1, 0.15) is 25.7 Å². The standard InChI is InChI=1S/C15H20N2O2S/c1-17(11-6-5-7-12(10-11)19-2)14(18)15(13(16)20)8-3-4-9-15/h5-7,10H,3-4,8-9H2,1-2H3,(H2,16,20). The van der Waals surface area contributed by atoms with Crippen LogP contribution < -0.4 is 15.4 Å². The fourth-order valence-electron chi connectivity index (χ4n) is 2.80. The highest BCUT2D eigenvalue weighted by Crippen LogP contribution is 2.40. The second-order valence-electron chi connectivity index (χ2n) is 5.22. The Bertz CT molecular complexity index is 524. The second-order valence-corrected chi connectivity index (χ2v) is 5.66. The van der Waals surface area contributed by atoms with E-state index in [1.54, 1.807) is 19.1 Å². The zero-order valence-electron chi connectivity index (χ0n) is 11.9. The molecule has 1 fully saturated rings. The summed E-state index contributed by atoms with van der Waals surface area (Å²) in [6.45, 7) is 0. The Morgan fingerprint density at radius 3 is 2.60 bits per heavy atom. The van der Waals surface area contributed by atoms with Crippen LogP contribution in [0.15, 0.2) is 24.3 Å². The Kier molecular flexibility index (Phi) is 4.28. The fourth-order valence-corrected chi connectivity index (χ4v) is 3.09. The van der Waals surface area contributed by atoms with Crippen molar-refractivity contribution in [2.45, 2.75) is 25.7 Å². The molecule has 0 unspecified atom stereocenters. The summed E-state index contributed by atoms with van der Waals surface area (Å²) in [5, 5.41) is 0. The van der Waals surface area contributed by atoms with E-state index in [1.807, 2.05) is 24.3 Å². The third kappa shape index (κ3) is 2.50. The first-order chi connectivity index (χ1) is 9.51. The van der Waals surface area contributed by atoms with Crippen LogP contribution in [-0.2, 0) is 4.79 Å². The van der Waals surface area contributed by atoms with Gasteiger partial charge in [-0.1, -0.05) is 31.1 Å². The first-order valence-corrected chi connectivity index (χ1v) is 7.14. The monoisotopic (exact) mass is 292 g/mol. The Labute approximate surface area is 124 Å². The van der Waals surface area contributed by atoms with E-state index in [1.165, 1.54) is 0 Å². The van der Waals surface area contributed by atoms with Crippen molar-refractivity contribution in [2.75, 3.05) is 19.1 Å². The van der Waals surface area contributed by atoms with E-state index in [0.717, 1.165) is 37.1 Å². The number of amides is 1. The quantitative estimate of drug-likeness (QED) is 0.866. The van der Waals surface area contributed by atoms with Crippen LogP contribution in [0.25, 0.3) is 0 Å². The highest BCUT2D eigenvalue weighted by molar-refractivity contribution is 7.80. The molecule has 1 amide bonds. The lowest BCUT2D eigenvalue weighted by molar-refractivity contribution is -0.124. The Balaban J connectivity index is 2.29. The van der Waals surface area contributed by atoms with Crippen molar-refractivity contribution in [3.8, 4) is 5.75 Å². The minimum Gasteiger partial charge on any atom is -0.497 e. The molecule has 0 saturated heterocycles. The molecule has 5 heteroatoms. The molecule has 1 aromatic carbocycles. The maximum atomic E-state index is 12.8. The number of nitrogens with zero attached hydrogens (tertiary/aromatic N) is 1. The molecule has 20 heavy (non-hydrogen) atoms. The minimum absolute atomic E-state index is 0.0178. The molecular weight excluding hydrogens is 272 g/mol. The summed E-state index contributed by atoms with van der Waals surface area (Å²) >= 11 is 5.17. The number of benzene rings is 1. The Morgan fingerprint density at radius 2 is 2.05 bits per heavy atom. The van der Waals surface area contributed by atoms with Gasteiger partial charge in [-0.2, -0.15) is 0 Å². The highest BCUT2D eigenvalue weighted by Gasteiger charge is 2.45. The summed E-state index contributed by atoms with van der Waals surface area (Å²) in [5.74, 6) is 0.703. The van der Waals surface area contributed by atoms with Crippen molar-refractivity contribution in [1.82, 2.24) is 0 Å². The number of thiocarbonyl (C=S) groups is 1. The zero-order valence-corrected chi connectivity index (χ0v) is 12.7. The molecule has 108 valence electrons. The van der Waals surface area contributed by atoms with Crippen LogP contribution >= 0.6 is 12.2 Å². The van der Waals surface area contributed by atoms with Gasteiger partial charge in [0.2, 0.25) is 5.91 Å². The van der Waals surface area contributed by atoms with Gasteiger partial charge in [0.15, 0.2) is 0 Å². The van der Waals surface area contributed by atoms with E-state index < -0.39 is 5.41 Å². The molecule has 0 aromatic heterocycles. The van der Waals surface area contributed by atoms with Crippen LogP contribution in [0.5, 0.6) is 5.75 Å². The third-order valence-corrected chi connectivity index (χ3v) is 4.47. The molecule has 1 saturated carbocycles.